The molecular weight excluding hydrogens is 237 g/mol. The number of hydrogen-bond donors (Lipinski definition) is 1. The van der Waals surface area contributed by atoms with Crippen LogP contribution < -0.4 is 4.74 Å². The minimum absolute atomic E-state index is 0.112. The summed E-state index contributed by atoms with van der Waals surface area (Å²) in [7, 11) is 1.37. The molecule has 0 aliphatic heterocycles. The Morgan fingerprint density at radius 3 is 2.83 bits per heavy atom. The highest BCUT2D eigenvalue weighted by atomic mass is 19.1. The predicted octanol–water partition coefficient (Wildman–Crippen LogP) is 2.59. The van der Waals surface area contributed by atoms with Gasteiger partial charge in [0.15, 0.2) is 11.6 Å². The Balaban J connectivity index is 2.55. The molecule has 0 spiro atoms. The lowest BCUT2D eigenvalue weighted by Gasteiger charge is -2.07. The first-order chi connectivity index (χ1) is 8.63. The van der Waals surface area contributed by atoms with E-state index in [1.165, 1.54) is 25.4 Å². The molecule has 2 aromatic rings. The Bertz CT molecular complexity index is 599. The van der Waals surface area contributed by atoms with Crippen LogP contribution in [-0.2, 0) is 0 Å². The Kier molecular flexibility index (Phi) is 3.23. The normalized spacial score (nSPS) is 10.1. The largest absolute Gasteiger partial charge is 0.494 e. The summed E-state index contributed by atoms with van der Waals surface area (Å²) in [6.45, 7) is 0. The summed E-state index contributed by atoms with van der Waals surface area (Å²) in [5.41, 5.74) is 0.591. The number of aromatic nitrogens is 1. The smallest absolute Gasteiger partial charge is 0.354 e. The fraction of sp³-hybridized carbons (Fsp3) is 0.0769. The third-order valence-electron chi connectivity index (χ3n) is 2.47. The zero-order valence-corrected chi connectivity index (χ0v) is 9.55. The number of carboxylic acids is 1. The molecule has 0 bridgehead atoms. The Labute approximate surface area is 103 Å². The van der Waals surface area contributed by atoms with Crippen LogP contribution in [0.2, 0.25) is 0 Å². The number of rotatable bonds is 3. The monoisotopic (exact) mass is 247 g/mol. The number of nitrogens with zero attached hydrogens (tertiary/aromatic N) is 1. The number of benzene rings is 1. The molecule has 1 N–H and O–H groups in total. The predicted molar refractivity (Wildman–Crippen MR) is 63.1 cm³/mol. The quantitative estimate of drug-likeness (QED) is 0.905. The fourth-order valence-electron chi connectivity index (χ4n) is 1.61. The molecule has 0 saturated heterocycles. The van der Waals surface area contributed by atoms with Gasteiger partial charge in [-0.05, 0) is 23.8 Å². The number of ether oxygens (including phenoxy) is 1. The van der Waals surface area contributed by atoms with Gasteiger partial charge in [0.1, 0.15) is 5.69 Å². The number of hydrogen-bond acceptors (Lipinski definition) is 3. The maximum atomic E-state index is 14.0. The molecule has 1 heterocycles. The zero-order chi connectivity index (χ0) is 13.1. The Hall–Kier alpha value is -2.43. The van der Waals surface area contributed by atoms with Crippen molar-refractivity contribution in [1.29, 1.82) is 0 Å². The van der Waals surface area contributed by atoms with Crippen LogP contribution in [0.1, 0.15) is 10.5 Å². The molecule has 1 aromatic heterocycles. The zero-order valence-electron chi connectivity index (χ0n) is 9.55. The maximum absolute atomic E-state index is 14.0. The van der Waals surface area contributed by atoms with Gasteiger partial charge in [0.2, 0.25) is 0 Å². The molecular formula is C13H10FNO3. The van der Waals surface area contributed by atoms with E-state index in [4.69, 9.17) is 9.84 Å². The lowest BCUT2D eigenvalue weighted by molar-refractivity contribution is 0.0690. The van der Waals surface area contributed by atoms with Crippen molar-refractivity contribution in [2.45, 2.75) is 0 Å². The number of carbonyl (C=O) groups is 1. The average Bonchev–Trinajstić information content (AvgIpc) is 2.39. The van der Waals surface area contributed by atoms with Crippen LogP contribution in [-0.4, -0.2) is 23.2 Å². The van der Waals surface area contributed by atoms with E-state index in [-0.39, 0.29) is 17.0 Å². The van der Waals surface area contributed by atoms with Gasteiger partial charge in [-0.25, -0.2) is 14.2 Å². The first kappa shape index (κ1) is 12.0. The molecule has 2 rings (SSSR count). The van der Waals surface area contributed by atoms with Crippen LogP contribution in [0.4, 0.5) is 4.39 Å². The summed E-state index contributed by atoms with van der Waals surface area (Å²) < 4.78 is 18.9. The van der Waals surface area contributed by atoms with E-state index >= 15 is 0 Å². The summed E-state index contributed by atoms with van der Waals surface area (Å²) in [6.07, 6.45) is 1.33. The number of pyridine rings is 1. The highest BCUT2D eigenvalue weighted by Gasteiger charge is 2.12. The third kappa shape index (κ3) is 2.15. The molecule has 92 valence electrons. The van der Waals surface area contributed by atoms with Crippen LogP contribution in [0.3, 0.4) is 0 Å². The van der Waals surface area contributed by atoms with Crippen molar-refractivity contribution in [3.8, 4) is 16.9 Å². The molecule has 0 radical (unpaired) electrons. The van der Waals surface area contributed by atoms with Gasteiger partial charge >= 0.3 is 5.97 Å². The topological polar surface area (TPSA) is 59.4 Å². The first-order valence-electron chi connectivity index (χ1n) is 5.15. The van der Waals surface area contributed by atoms with Crippen molar-refractivity contribution in [3.05, 3.63) is 48.0 Å². The maximum Gasteiger partial charge on any atom is 0.354 e. The van der Waals surface area contributed by atoms with Crippen molar-refractivity contribution >= 4 is 5.97 Å². The van der Waals surface area contributed by atoms with Crippen LogP contribution in [0.5, 0.6) is 5.75 Å². The molecule has 0 atom stereocenters. The number of aromatic carboxylic acids is 1. The average molecular weight is 247 g/mol. The second kappa shape index (κ2) is 4.83. The van der Waals surface area contributed by atoms with Crippen LogP contribution in [0.25, 0.3) is 11.1 Å². The molecule has 5 heteroatoms. The highest BCUT2D eigenvalue weighted by molar-refractivity contribution is 5.87. The highest BCUT2D eigenvalue weighted by Crippen LogP contribution is 2.28. The van der Waals surface area contributed by atoms with Gasteiger partial charge in [-0.2, -0.15) is 0 Å². The van der Waals surface area contributed by atoms with E-state index in [2.05, 4.69) is 4.98 Å². The second-order valence-electron chi connectivity index (χ2n) is 3.56. The minimum Gasteiger partial charge on any atom is -0.494 e. The van der Waals surface area contributed by atoms with E-state index in [1.54, 1.807) is 18.2 Å². The molecule has 0 saturated carbocycles. The third-order valence-corrected chi connectivity index (χ3v) is 2.47. The van der Waals surface area contributed by atoms with Gasteiger partial charge in [0.25, 0.3) is 0 Å². The van der Waals surface area contributed by atoms with Gasteiger partial charge in [-0.3, -0.25) is 0 Å². The SMILES string of the molecule is COc1cccc(-c2ccnc(C(=O)O)c2)c1F. The molecule has 4 nitrogen and oxygen atoms in total. The molecule has 0 amide bonds. The first-order valence-corrected chi connectivity index (χ1v) is 5.15. The molecule has 0 unspecified atom stereocenters. The summed E-state index contributed by atoms with van der Waals surface area (Å²) >= 11 is 0. The van der Waals surface area contributed by atoms with Crippen molar-refractivity contribution in [3.63, 3.8) is 0 Å². The van der Waals surface area contributed by atoms with E-state index < -0.39 is 11.8 Å². The summed E-state index contributed by atoms with van der Waals surface area (Å²) in [6, 6.07) is 7.56. The van der Waals surface area contributed by atoms with E-state index in [0.29, 0.717) is 5.56 Å². The van der Waals surface area contributed by atoms with E-state index in [0.717, 1.165) is 0 Å². The van der Waals surface area contributed by atoms with Gasteiger partial charge in [-0.1, -0.05) is 12.1 Å². The van der Waals surface area contributed by atoms with Crippen LogP contribution >= 0.6 is 0 Å². The molecule has 0 fully saturated rings. The lowest BCUT2D eigenvalue weighted by Crippen LogP contribution is -2.00. The Morgan fingerprint density at radius 2 is 2.17 bits per heavy atom. The van der Waals surface area contributed by atoms with Gasteiger partial charge in [0.05, 0.1) is 7.11 Å². The number of carboxylic acid groups (broad SMARTS) is 1. The molecule has 1 aromatic carbocycles. The number of methoxy groups -OCH3 is 1. The van der Waals surface area contributed by atoms with Crippen molar-refractivity contribution in [1.82, 2.24) is 4.98 Å². The molecule has 0 aliphatic carbocycles. The minimum atomic E-state index is -1.15. The van der Waals surface area contributed by atoms with Crippen molar-refractivity contribution < 1.29 is 19.0 Å². The summed E-state index contributed by atoms with van der Waals surface area (Å²) in [5.74, 6) is -1.57. The summed E-state index contributed by atoms with van der Waals surface area (Å²) in [5, 5.41) is 8.85. The van der Waals surface area contributed by atoms with Gasteiger partial charge in [-0.15, -0.1) is 0 Å². The lowest BCUT2D eigenvalue weighted by atomic mass is 10.1. The van der Waals surface area contributed by atoms with Crippen molar-refractivity contribution in [2.24, 2.45) is 0 Å². The summed E-state index contributed by atoms with van der Waals surface area (Å²) in [4.78, 5) is 14.5. The van der Waals surface area contributed by atoms with E-state index in [1.807, 2.05) is 0 Å². The standard InChI is InChI=1S/C13H10FNO3/c1-18-11-4-2-3-9(12(11)14)8-5-6-15-10(7-8)13(16)17/h2-7H,1H3,(H,16,17). The van der Waals surface area contributed by atoms with Gasteiger partial charge < -0.3 is 9.84 Å². The molecule has 18 heavy (non-hydrogen) atoms. The Morgan fingerprint density at radius 1 is 1.39 bits per heavy atom. The fourth-order valence-corrected chi connectivity index (χ4v) is 1.61. The second-order valence-corrected chi connectivity index (χ2v) is 3.56. The van der Waals surface area contributed by atoms with Crippen LogP contribution in [0, 0.1) is 5.82 Å². The van der Waals surface area contributed by atoms with Crippen LogP contribution in [0.15, 0.2) is 36.5 Å². The molecule has 0 aliphatic rings. The number of halogens is 1. The van der Waals surface area contributed by atoms with Gasteiger partial charge in [0, 0.05) is 11.8 Å². The van der Waals surface area contributed by atoms with E-state index in [9.17, 15) is 9.18 Å². The van der Waals surface area contributed by atoms with Crippen molar-refractivity contribution in [2.75, 3.05) is 7.11 Å².